The quantitative estimate of drug-likeness (QED) is 0.503. The Labute approximate surface area is 203 Å². The van der Waals surface area contributed by atoms with Crippen LogP contribution in [-0.2, 0) is 27.8 Å². The van der Waals surface area contributed by atoms with E-state index >= 15 is 0 Å². The highest BCUT2D eigenvalue weighted by Crippen LogP contribution is 2.32. The number of carbonyl (C=O) groups is 1. The van der Waals surface area contributed by atoms with Gasteiger partial charge in [0.1, 0.15) is 11.8 Å². The van der Waals surface area contributed by atoms with Gasteiger partial charge >= 0.3 is 0 Å². The number of hydrogen-bond acceptors (Lipinski definition) is 4. The monoisotopic (exact) mass is 504 g/mol. The first-order valence-corrected chi connectivity index (χ1v) is 12.6. The highest BCUT2D eigenvalue weighted by atomic mass is 35.5. The van der Waals surface area contributed by atoms with Crippen LogP contribution in [0.4, 0.5) is 5.69 Å². The van der Waals surface area contributed by atoms with Gasteiger partial charge in [-0.05, 0) is 66.9 Å². The summed E-state index contributed by atoms with van der Waals surface area (Å²) in [6.07, 6.45) is 0.240. The molecule has 0 bridgehead atoms. The van der Waals surface area contributed by atoms with Crippen molar-refractivity contribution in [1.82, 2.24) is 4.31 Å². The maximum absolute atomic E-state index is 13.6. The summed E-state index contributed by atoms with van der Waals surface area (Å²) in [7, 11) is -3.98. The topological polar surface area (TPSA) is 75.7 Å². The Morgan fingerprint density at radius 3 is 2.42 bits per heavy atom. The maximum Gasteiger partial charge on any atom is 0.244 e. The van der Waals surface area contributed by atoms with Crippen LogP contribution < -0.4 is 10.1 Å². The standard InChI is InChI=1S/C24H22Cl2N2O4S/c1-2-32-19-8-10-20(11-9-19)33(30,31)28-15-17-6-4-3-5-16(17)13-23(28)24(29)27-22-12-7-18(25)14-21(22)26/h3-12,14,23H,2,13,15H2,1H3,(H,27,29)/t23-/m1/s1. The zero-order valence-corrected chi connectivity index (χ0v) is 20.1. The summed E-state index contributed by atoms with van der Waals surface area (Å²) < 4.78 is 33.9. The second-order valence-corrected chi connectivity index (χ2v) is 10.3. The van der Waals surface area contributed by atoms with E-state index < -0.39 is 22.0 Å². The highest BCUT2D eigenvalue weighted by molar-refractivity contribution is 7.89. The molecule has 0 spiro atoms. The largest absolute Gasteiger partial charge is 0.494 e. The molecule has 1 N–H and O–H groups in total. The number of halogens is 2. The Morgan fingerprint density at radius 2 is 1.76 bits per heavy atom. The molecule has 0 aliphatic carbocycles. The molecule has 6 nitrogen and oxygen atoms in total. The number of hydrogen-bond donors (Lipinski definition) is 1. The molecule has 0 radical (unpaired) electrons. The summed E-state index contributed by atoms with van der Waals surface area (Å²) in [6, 6.07) is 17.5. The lowest BCUT2D eigenvalue weighted by Crippen LogP contribution is -2.50. The van der Waals surface area contributed by atoms with Gasteiger partial charge in [0.05, 0.1) is 22.2 Å². The minimum atomic E-state index is -3.98. The zero-order valence-electron chi connectivity index (χ0n) is 17.8. The fraction of sp³-hybridized carbons (Fsp3) is 0.208. The van der Waals surface area contributed by atoms with E-state index in [1.165, 1.54) is 22.5 Å². The first kappa shape index (κ1) is 23.6. The fourth-order valence-corrected chi connectivity index (χ4v) is 5.81. The van der Waals surface area contributed by atoms with Gasteiger partial charge in [-0.15, -0.1) is 0 Å². The number of sulfonamides is 1. The molecule has 1 amide bonds. The van der Waals surface area contributed by atoms with Gasteiger partial charge in [0.2, 0.25) is 15.9 Å². The van der Waals surface area contributed by atoms with E-state index in [1.54, 1.807) is 24.3 Å². The summed E-state index contributed by atoms with van der Waals surface area (Å²) in [5, 5.41) is 3.47. The number of ether oxygens (including phenoxy) is 1. The predicted molar refractivity (Wildman–Crippen MR) is 129 cm³/mol. The van der Waals surface area contributed by atoms with E-state index in [1.807, 2.05) is 31.2 Å². The molecule has 0 unspecified atom stereocenters. The minimum Gasteiger partial charge on any atom is -0.494 e. The lowest BCUT2D eigenvalue weighted by atomic mass is 9.95. The lowest BCUT2D eigenvalue weighted by Gasteiger charge is -2.35. The number of amides is 1. The van der Waals surface area contributed by atoms with Crippen molar-refractivity contribution in [2.45, 2.75) is 30.8 Å². The van der Waals surface area contributed by atoms with Gasteiger partial charge < -0.3 is 10.1 Å². The predicted octanol–water partition coefficient (Wildman–Crippen LogP) is 5.15. The summed E-state index contributed by atoms with van der Waals surface area (Å²) in [6.45, 7) is 2.41. The molecule has 0 saturated heterocycles. The van der Waals surface area contributed by atoms with Gasteiger partial charge in [0, 0.05) is 11.6 Å². The van der Waals surface area contributed by atoms with E-state index in [9.17, 15) is 13.2 Å². The first-order valence-electron chi connectivity index (χ1n) is 10.4. The third-order valence-electron chi connectivity index (χ3n) is 5.44. The number of benzene rings is 3. The molecular formula is C24H22Cl2N2O4S. The summed E-state index contributed by atoms with van der Waals surface area (Å²) in [4.78, 5) is 13.4. The average Bonchev–Trinajstić information content (AvgIpc) is 2.80. The first-order chi connectivity index (χ1) is 15.8. The van der Waals surface area contributed by atoms with Gasteiger partial charge in [-0.1, -0.05) is 47.5 Å². The lowest BCUT2D eigenvalue weighted by molar-refractivity contribution is -0.120. The molecule has 1 atom stereocenters. The van der Waals surface area contributed by atoms with Crippen molar-refractivity contribution in [2.24, 2.45) is 0 Å². The van der Waals surface area contributed by atoms with E-state index in [0.29, 0.717) is 23.1 Å². The SMILES string of the molecule is CCOc1ccc(S(=O)(=O)N2Cc3ccccc3C[C@@H]2C(=O)Nc2ccc(Cl)cc2Cl)cc1. The molecule has 4 rings (SSSR count). The van der Waals surface area contributed by atoms with Crippen LogP contribution in [0.5, 0.6) is 5.75 Å². The molecule has 9 heteroatoms. The summed E-state index contributed by atoms with van der Waals surface area (Å²) >= 11 is 12.2. The average molecular weight is 505 g/mol. The van der Waals surface area contributed by atoms with E-state index in [-0.39, 0.29) is 22.9 Å². The van der Waals surface area contributed by atoms with Gasteiger partial charge in [-0.3, -0.25) is 4.79 Å². The van der Waals surface area contributed by atoms with Crippen molar-refractivity contribution >= 4 is 44.8 Å². The highest BCUT2D eigenvalue weighted by Gasteiger charge is 2.39. The van der Waals surface area contributed by atoms with Gasteiger partial charge in [0.15, 0.2) is 0 Å². The molecule has 0 saturated carbocycles. The van der Waals surface area contributed by atoms with Crippen LogP contribution >= 0.6 is 23.2 Å². The maximum atomic E-state index is 13.6. The molecule has 172 valence electrons. The van der Waals surface area contributed by atoms with Crippen LogP contribution in [-0.4, -0.2) is 31.3 Å². The molecule has 0 aromatic heterocycles. The molecule has 1 aliphatic heterocycles. The second kappa shape index (κ2) is 9.73. The number of nitrogens with one attached hydrogen (secondary N) is 1. The molecule has 0 fully saturated rings. The van der Waals surface area contributed by atoms with Crippen LogP contribution in [0, 0.1) is 0 Å². The van der Waals surface area contributed by atoms with Gasteiger partial charge in [0.25, 0.3) is 0 Å². The van der Waals surface area contributed by atoms with E-state index in [4.69, 9.17) is 27.9 Å². The molecule has 3 aromatic rings. The van der Waals surface area contributed by atoms with Crippen LogP contribution in [0.1, 0.15) is 18.1 Å². The minimum absolute atomic E-state index is 0.0815. The van der Waals surface area contributed by atoms with Gasteiger partial charge in [-0.25, -0.2) is 8.42 Å². The third-order valence-corrected chi connectivity index (χ3v) is 7.86. The fourth-order valence-electron chi connectivity index (χ4n) is 3.79. The van der Waals surface area contributed by atoms with Crippen molar-refractivity contribution in [3.63, 3.8) is 0 Å². The molecular weight excluding hydrogens is 483 g/mol. The molecule has 3 aromatic carbocycles. The van der Waals surface area contributed by atoms with Crippen LogP contribution in [0.25, 0.3) is 0 Å². The van der Waals surface area contributed by atoms with E-state index in [0.717, 1.165) is 11.1 Å². The molecule has 1 aliphatic rings. The number of fused-ring (bicyclic) bond motifs is 1. The zero-order chi connectivity index (χ0) is 23.6. The number of anilines is 1. The second-order valence-electron chi connectivity index (χ2n) is 7.56. The smallest absolute Gasteiger partial charge is 0.244 e. The summed E-state index contributed by atoms with van der Waals surface area (Å²) in [5.41, 5.74) is 2.15. The van der Waals surface area contributed by atoms with Crippen molar-refractivity contribution < 1.29 is 17.9 Å². The Morgan fingerprint density at radius 1 is 1.06 bits per heavy atom. The van der Waals surface area contributed by atoms with Crippen LogP contribution in [0.3, 0.4) is 0 Å². The Bertz CT molecular complexity index is 1280. The van der Waals surface area contributed by atoms with Crippen molar-refractivity contribution in [1.29, 1.82) is 0 Å². The van der Waals surface area contributed by atoms with Crippen molar-refractivity contribution in [2.75, 3.05) is 11.9 Å². The Kier molecular flexibility index (Phi) is 6.95. The Balaban J connectivity index is 1.69. The molecule has 33 heavy (non-hydrogen) atoms. The normalized spacial score (nSPS) is 16.2. The molecule has 1 heterocycles. The third kappa shape index (κ3) is 5.01. The summed E-state index contributed by atoms with van der Waals surface area (Å²) in [5.74, 6) is 0.107. The van der Waals surface area contributed by atoms with E-state index in [2.05, 4.69) is 5.32 Å². The van der Waals surface area contributed by atoms with Crippen LogP contribution in [0.2, 0.25) is 10.0 Å². The van der Waals surface area contributed by atoms with Crippen molar-refractivity contribution in [3.05, 3.63) is 87.9 Å². The van der Waals surface area contributed by atoms with Gasteiger partial charge in [-0.2, -0.15) is 4.31 Å². The number of carbonyl (C=O) groups excluding carboxylic acids is 1. The Hall–Kier alpha value is -2.58. The van der Waals surface area contributed by atoms with Crippen LogP contribution in [0.15, 0.2) is 71.6 Å². The number of nitrogens with zero attached hydrogens (tertiary/aromatic N) is 1. The number of rotatable bonds is 6. The van der Waals surface area contributed by atoms with Crippen molar-refractivity contribution in [3.8, 4) is 5.75 Å².